The number of methoxy groups -OCH3 is 2. The summed E-state index contributed by atoms with van der Waals surface area (Å²) >= 11 is 6.67. The zero-order valence-corrected chi connectivity index (χ0v) is 28.5. The van der Waals surface area contributed by atoms with Crippen LogP contribution in [0.5, 0.6) is 0 Å². The Labute approximate surface area is 279 Å². The number of primary amides is 2. The van der Waals surface area contributed by atoms with Crippen LogP contribution in [0.3, 0.4) is 0 Å². The van der Waals surface area contributed by atoms with Crippen LogP contribution in [0.4, 0.5) is 0 Å². The Balaban J connectivity index is 0.000000157. The summed E-state index contributed by atoms with van der Waals surface area (Å²) in [7, 11) is 2.64. The SMILES string of the molecule is COC(=O)c1ccc2c(C)c(C(N)=O)oc2c1.COC(=O)c1oc2cc(Br)ccc2c1C.Cc1c(C(N)=O)oc2cc(Br)ccc12. The standard InChI is InChI=1S/C12H11NO4.C11H9BrO3.C10H8BrNO2/c1-6-8-4-3-7(12(15)16-2)5-9(8)17-10(6)11(13)14;1-6-8-4-3-7(12)5-9(8)15-10(6)11(13)14-2;1-5-7-3-2-6(11)4-8(7)14-9(5)10(12)13/h3-5H,1-2H3,(H2,13,14);3-5H,1-2H3;2-4H,1H3,(H2,12,13). The number of hydrogen-bond acceptors (Lipinski definition) is 9. The summed E-state index contributed by atoms with van der Waals surface area (Å²) in [6, 6.07) is 16.1. The van der Waals surface area contributed by atoms with Crippen molar-refractivity contribution >= 4 is 88.5 Å². The predicted molar refractivity (Wildman–Crippen MR) is 178 cm³/mol. The minimum absolute atomic E-state index is 0.113. The molecule has 3 heterocycles. The Hall–Kier alpha value is -4.88. The number of halogens is 2. The molecular formula is C33H28Br2N2O9. The Kier molecular flexibility index (Phi) is 10.4. The number of amides is 2. The van der Waals surface area contributed by atoms with Gasteiger partial charge in [-0.1, -0.05) is 31.9 Å². The Morgan fingerprint density at radius 2 is 0.935 bits per heavy atom. The van der Waals surface area contributed by atoms with Gasteiger partial charge in [0.05, 0.1) is 19.8 Å². The summed E-state index contributed by atoms with van der Waals surface area (Å²) in [5, 5.41) is 2.60. The number of ether oxygens (including phenoxy) is 2. The maximum absolute atomic E-state index is 11.4. The van der Waals surface area contributed by atoms with Crippen molar-refractivity contribution in [3.05, 3.63) is 103 Å². The number of nitrogens with two attached hydrogens (primary N) is 2. The van der Waals surface area contributed by atoms with Crippen molar-refractivity contribution < 1.29 is 41.9 Å². The molecule has 0 saturated heterocycles. The highest BCUT2D eigenvalue weighted by atomic mass is 79.9. The molecule has 0 unspecified atom stereocenters. The summed E-state index contributed by atoms with van der Waals surface area (Å²) < 4.78 is 27.1. The van der Waals surface area contributed by atoms with Crippen molar-refractivity contribution in [1.82, 2.24) is 0 Å². The van der Waals surface area contributed by atoms with Gasteiger partial charge in [0.1, 0.15) is 16.7 Å². The van der Waals surface area contributed by atoms with Crippen LogP contribution in [-0.4, -0.2) is 38.0 Å². The van der Waals surface area contributed by atoms with Crippen LogP contribution < -0.4 is 11.5 Å². The summed E-state index contributed by atoms with van der Waals surface area (Å²) in [5.41, 5.74) is 14.8. The monoisotopic (exact) mass is 754 g/mol. The number of esters is 2. The first-order valence-electron chi connectivity index (χ1n) is 13.4. The van der Waals surface area contributed by atoms with E-state index in [1.807, 2.05) is 50.2 Å². The Morgan fingerprint density at radius 1 is 0.565 bits per heavy atom. The molecule has 46 heavy (non-hydrogen) atoms. The van der Waals surface area contributed by atoms with Gasteiger partial charge in [0.15, 0.2) is 11.5 Å². The van der Waals surface area contributed by atoms with Gasteiger partial charge in [-0.2, -0.15) is 0 Å². The van der Waals surface area contributed by atoms with Crippen molar-refractivity contribution in [2.24, 2.45) is 11.5 Å². The van der Waals surface area contributed by atoms with Crippen molar-refractivity contribution in [2.45, 2.75) is 20.8 Å². The smallest absolute Gasteiger partial charge is 0.374 e. The van der Waals surface area contributed by atoms with Crippen molar-refractivity contribution in [2.75, 3.05) is 14.2 Å². The minimum Gasteiger partial charge on any atom is -0.465 e. The average molecular weight is 756 g/mol. The molecule has 11 nitrogen and oxygen atoms in total. The number of rotatable bonds is 4. The molecule has 0 spiro atoms. The molecule has 6 aromatic rings. The molecule has 0 radical (unpaired) electrons. The van der Waals surface area contributed by atoms with E-state index < -0.39 is 23.8 Å². The van der Waals surface area contributed by atoms with Gasteiger partial charge in [0.25, 0.3) is 11.8 Å². The fourth-order valence-electron chi connectivity index (χ4n) is 4.63. The Morgan fingerprint density at radius 3 is 1.35 bits per heavy atom. The lowest BCUT2D eigenvalue weighted by Gasteiger charge is -1.97. The molecule has 0 aliphatic heterocycles. The normalized spacial score (nSPS) is 10.6. The first-order chi connectivity index (χ1) is 21.8. The highest BCUT2D eigenvalue weighted by molar-refractivity contribution is 9.10. The molecular weight excluding hydrogens is 728 g/mol. The summed E-state index contributed by atoms with van der Waals surface area (Å²) in [4.78, 5) is 44.8. The lowest BCUT2D eigenvalue weighted by atomic mass is 10.1. The van der Waals surface area contributed by atoms with Crippen LogP contribution >= 0.6 is 31.9 Å². The predicted octanol–water partition coefficient (Wildman–Crippen LogP) is 7.52. The number of carbonyl (C=O) groups is 4. The van der Waals surface area contributed by atoms with Crippen LogP contribution in [-0.2, 0) is 9.47 Å². The van der Waals surface area contributed by atoms with Crippen LogP contribution in [0, 0.1) is 20.8 Å². The maximum Gasteiger partial charge on any atom is 0.374 e. The van der Waals surface area contributed by atoms with Crippen LogP contribution in [0.15, 0.2) is 76.8 Å². The number of aryl methyl sites for hydroxylation is 3. The lowest BCUT2D eigenvalue weighted by molar-refractivity contribution is 0.0564. The molecule has 0 bridgehead atoms. The van der Waals surface area contributed by atoms with Gasteiger partial charge in [-0.3, -0.25) is 9.59 Å². The lowest BCUT2D eigenvalue weighted by Crippen LogP contribution is -2.10. The molecule has 3 aromatic heterocycles. The number of carbonyl (C=O) groups excluding carboxylic acids is 4. The molecule has 0 saturated carbocycles. The zero-order chi connectivity index (χ0) is 33.9. The zero-order valence-electron chi connectivity index (χ0n) is 25.3. The number of hydrogen-bond donors (Lipinski definition) is 2. The quantitative estimate of drug-likeness (QED) is 0.172. The molecule has 3 aromatic carbocycles. The van der Waals surface area contributed by atoms with E-state index in [1.165, 1.54) is 20.3 Å². The van der Waals surface area contributed by atoms with Gasteiger partial charge in [0, 0.05) is 41.8 Å². The van der Waals surface area contributed by atoms with Crippen molar-refractivity contribution in [3.63, 3.8) is 0 Å². The molecule has 6 rings (SSSR count). The van der Waals surface area contributed by atoms with E-state index in [1.54, 1.807) is 19.1 Å². The second-order valence-corrected chi connectivity index (χ2v) is 11.7. The second-order valence-electron chi connectivity index (χ2n) is 9.87. The topological polar surface area (TPSA) is 178 Å². The second kappa shape index (κ2) is 14.0. The number of fused-ring (bicyclic) bond motifs is 3. The third-order valence-electron chi connectivity index (χ3n) is 6.98. The molecule has 0 atom stereocenters. The van der Waals surface area contributed by atoms with E-state index in [9.17, 15) is 19.2 Å². The van der Waals surface area contributed by atoms with Crippen LogP contribution in [0.1, 0.15) is 58.7 Å². The van der Waals surface area contributed by atoms with Crippen molar-refractivity contribution in [1.29, 1.82) is 0 Å². The van der Waals surface area contributed by atoms with Gasteiger partial charge in [0.2, 0.25) is 5.76 Å². The highest BCUT2D eigenvalue weighted by Crippen LogP contribution is 2.29. The molecule has 0 aliphatic rings. The van der Waals surface area contributed by atoms with Crippen LogP contribution in [0.2, 0.25) is 0 Å². The van der Waals surface area contributed by atoms with Gasteiger partial charge in [-0.25, -0.2) is 9.59 Å². The molecule has 0 aliphatic carbocycles. The third-order valence-corrected chi connectivity index (χ3v) is 7.96. The van der Waals surface area contributed by atoms with Gasteiger partial charge >= 0.3 is 11.9 Å². The minimum atomic E-state index is -0.627. The molecule has 13 heteroatoms. The van der Waals surface area contributed by atoms with E-state index >= 15 is 0 Å². The summed E-state index contributed by atoms with van der Waals surface area (Å²) in [5.74, 6) is -1.44. The first-order valence-corrected chi connectivity index (χ1v) is 15.0. The fourth-order valence-corrected chi connectivity index (χ4v) is 5.31. The summed E-state index contributed by atoms with van der Waals surface area (Å²) in [6.07, 6.45) is 0. The van der Waals surface area contributed by atoms with E-state index in [2.05, 4.69) is 41.3 Å². The fraction of sp³-hybridized carbons (Fsp3) is 0.152. The van der Waals surface area contributed by atoms with Gasteiger partial charge < -0.3 is 34.2 Å². The van der Waals surface area contributed by atoms with E-state index in [-0.39, 0.29) is 17.3 Å². The van der Waals surface area contributed by atoms with Crippen LogP contribution in [0.25, 0.3) is 32.9 Å². The van der Waals surface area contributed by atoms with E-state index in [4.69, 9.17) is 24.7 Å². The number of benzene rings is 3. The van der Waals surface area contributed by atoms with E-state index in [0.29, 0.717) is 27.9 Å². The number of furan rings is 3. The summed E-state index contributed by atoms with van der Waals surface area (Å²) in [6.45, 7) is 5.40. The van der Waals surface area contributed by atoms with E-state index in [0.717, 1.165) is 36.2 Å². The maximum atomic E-state index is 11.4. The van der Waals surface area contributed by atoms with Gasteiger partial charge in [-0.05, 0) is 75.4 Å². The molecule has 4 N–H and O–H groups in total. The Bertz CT molecular complexity index is 2140. The first kappa shape index (κ1) is 34.0. The largest absolute Gasteiger partial charge is 0.465 e. The van der Waals surface area contributed by atoms with Gasteiger partial charge in [-0.15, -0.1) is 0 Å². The van der Waals surface area contributed by atoms with Crippen molar-refractivity contribution in [3.8, 4) is 0 Å². The third kappa shape index (κ3) is 7.00. The highest BCUT2D eigenvalue weighted by Gasteiger charge is 2.19. The molecule has 2 amide bonds. The average Bonchev–Trinajstić information content (AvgIpc) is 3.66. The molecule has 238 valence electrons. The molecule has 0 fully saturated rings.